The van der Waals surface area contributed by atoms with Gasteiger partial charge in [0, 0.05) is 5.56 Å². The van der Waals surface area contributed by atoms with Gasteiger partial charge in [-0.25, -0.2) is 0 Å². The molecule has 1 heterocycles. The molecule has 0 aliphatic rings. The Morgan fingerprint density at radius 1 is 0.700 bits per heavy atom. The van der Waals surface area contributed by atoms with E-state index in [4.69, 9.17) is 69.6 Å². The van der Waals surface area contributed by atoms with Gasteiger partial charge in [-0.15, -0.1) is 10.2 Å². The van der Waals surface area contributed by atoms with Gasteiger partial charge in [0.15, 0.2) is 0 Å². The summed E-state index contributed by atoms with van der Waals surface area (Å²) in [5.41, 5.74) is 1.08. The molecule has 0 amide bonds. The van der Waals surface area contributed by atoms with Crippen molar-refractivity contribution in [3.8, 4) is 11.1 Å². The Morgan fingerprint density at radius 3 is 1.55 bits per heavy atom. The second kappa shape index (κ2) is 5.99. The molecule has 0 radical (unpaired) electrons. The van der Waals surface area contributed by atoms with Gasteiger partial charge in [-0.1, -0.05) is 99.9 Å². The monoisotopic (exact) mass is 389 g/mol. The summed E-state index contributed by atoms with van der Waals surface area (Å²) in [6, 6.07) is 8.94. The molecule has 0 unspecified atom stereocenters. The number of halogens is 6. The standard InChI is InChI=1S/C11H5Cl6N3/c12-10(13,14)8-7(6-4-2-1-3-5-6)9(11(15,16)17)19-20-18-8/h1-5H. The maximum atomic E-state index is 5.91. The number of rotatable bonds is 1. The predicted octanol–water partition coefficient (Wildman–Crippen LogP) is 5.19. The Bertz CT molecular complexity index is 574. The van der Waals surface area contributed by atoms with Crippen LogP contribution in [0.5, 0.6) is 0 Å². The van der Waals surface area contributed by atoms with E-state index < -0.39 is 7.59 Å². The molecule has 1 aromatic carbocycles. The average molecular weight is 392 g/mol. The van der Waals surface area contributed by atoms with E-state index in [0.717, 1.165) is 0 Å². The number of aromatic nitrogens is 3. The van der Waals surface area contributed by atoms with Gasteiger partial charge in [0.1, 0.15) is 11.4 Å². The van der Waals surface area contributed by atoms with Crippen molar-refractivity contribution >= 4 is 69.6 Å². The highest BCUT2D eigenvalue weighted by Gasteiger charge is 2.37. The largest absolute Gasteiger partial charge is 0.235 e. The third-order valence-corrected chi connectivity index (χ3v) is 3.44. The molecule has 9 heteroatoms. The number of hydrogen-bond donors (Lipinski definition) is 0. The highest BCUT2D eigenvalue weighted by Crippen LogP contribution is 2.47. The van der Waals surface area contributed by atoms with Crippen molar-refractivity contribution in [3.63, 3.8) is 0 Å². The molecule has 0 spiro atoms. The van der Waals surface area contributed by atoms with Gasteiger partial charge in [0.2, 0.25) is 7.59 Å². The first kappa shape index (κ1) is 16.3. The normalized spacial score (nSPS) is 12.5. The van der Waals surface area contributed by atoms with Crippen LogP contribution in [-0.2, 0) is 7.59 Å². The number of hydrogen-bond acceptors (Lipinski definition) is 3. The molecule has 0 N–H and O–H groups in total. The zero-order chi connectivity index (χ0) is 15.0. The van der Waals surface area contributed by atoms with E-state index >= 15 is 0 Å². The minimum Gasteiger partial charge on any atom is -0.130 e. The second-order valence-corrected chi connectivity index (χ2v) is 8.29. The summed E-state index contributed by atoms with van der Waals surface area (Å²) in [6.07, 6.45) is 0. The molecule has 3 nitrogen and oxygen atoms in total. The van der Waals surface area contributed by atoms with Crippen LogP contribution in [0.2, 0.25) is 0 Å². The summed E-state index contributed by atoms with van der Waals surface area (Å²) in [5.74, 6) is 0. The predicted molar refractivity (Wildman–Crippen MR) is 83.7 cm³/mol. The Balaban J connectivity index is 2.80. The van der Waals surface area contributed by atoms with Crippen molar-refractivity contribution in [1.29, 1.82) is 0 Å². The van der Waals surface area contributed by atoms with E-state index in [9.17, 15) is 0 Å². The van der Waals surface area contributed by atoms with Gasteiger partial charge in [-0.05, 0) is 10.8 Å². The third-order valence-electron chi connectivity index (χ3n) is 2.36. The summed E-state index contributed by atoms with van der Waals surface area (Å²) in [6.45, 7) is 0. The molecule has 0 aliphatic carbocycles. The number of alkyl halides is 6. The lowest BCUT2D eigenvalue weighted by Crippen LogP contribution is -2.16. The van der Waals surface area contributed by atoms with Crippen molar-refractivity contribution in [2.75, 3.05) is 0 Å². The topological polar surface area (TPSA) is 38.7 Å². The van der Waals surface area contributed by atoms with Crippen molar-refractivity contribution in [2.45, 2.75) is 7.59 Å². The molecular formula is C11H5Cl6N3. The molecule has 0 fully saturated rings. The van der Waals surface area contributed by atoms with Gasteiger partial charge in [-0.2, -0.15) is 0 Å². The SMILES string of the molecule is ClC(Cl)(Cl)c1nnnc(C(Cl)(Cl)Cl)c1-c1ccccc1. The average Bonchev–Trinajstić information content (AvgIpc) is 2.37. The van der Waals surface area contributed by atoms with Gasteiger partial charge in [0.05, 0.1) is 0 Å². The van der Waals surface area contributed by atoms with E-state index in [-0.39, 0.29) is 11.4 Å². The summed E-state index contributed by atoms with van der Waals surface area (Å²) in [7, 11) is 0. The van der Waals surface area contributed by atoms with Crippen LogP contribution in [0.3, 0.4) is 0 Å². The van der Waals surface area contributed by atoms with Crippen molar-refractivity contribution in [2.24, 2.45) is 0 Å². The smallest absolute Gasteiger partial charge is 0.130 e. The molecule has 0 saturated heterocycles. The van der Waals surface area contributed by atoms with Crippen LogP contribution in [0.4, 0.5) is 0 Å². The second-order valence-electron chi connectivity index (χ2n) is 3.72. The molecular weight excluding hydrogens is 387 g/mol. The first-order valence-corrected chi connectivity index (χ1v) is 7.41. The molecule has 0 atom stereocenters. The molecule has 2 aromatic rings. The molecule has 0 bridgehead atoms. The Hall–Kier alpha value is -0.0300. The Kier molecular flexibility index (Phi) is 4.90. The van der Waals surface area contributed by atoms with Crippen molar-refractivity contribution < 1.29 is 0 Å². The van der Waals surface area contributed by atoms with Crippen LogP contribution in [0, 0.1) is 0 Å². The van der Waals surface area contributed by atoms with Crippen LogP contribution in [0.15, 0.2) is 30.3 Å². The highest BCUT2D eigenvalue weighted by molar-refractivity contribution is 6.68. The minimum atomic E-state index is -1.83. The molecule has 0 aliphatic heterocycles. The molecule has 2 rings (SSSR count). The molecule has 0 saturated carbocycles. The molecule has 106 valence electrons. The molecule has 1 aromatic heterocycles. The van der Waals surface area contributed by atoms with Crippen LogP contribution < -0.4 is 0 Å². The van der Waals surface area contributed by atoms with E-state index in [1.807, 2.05) is 6.07 Å². The quantitative estimate of drug-likeness (QED) is 0.628. The molecule has 20 heavy (non-hydrogen) atoms. The fourth-order valence-corrected chi connectivity index (χ4v) is 2.39. The van der Waals surface area contributed by atoms with Crippen LogP contribution in [-0.4, -0.2) is 15.4 Å². The summed E-state index contributed by atoms with van der Waals surface area (Å²) in [4.78, 5) is 0. The lowest BCUT2D eigenvalue weighted by molar-refractivity contribution is 0.786. The number of nitrogens with zero attached hydrogens (tertiary/aromatic N) is 3. The van der Waals surface area contributed by atoms with E-state index in [1.54, 1.807) is 24.3 Å². The first-order valence-electron chi connectivity index (χ1n) is 5.14. The van der Waals surface area contributed by atoms with E-state index in [1.165, 1.54) is 0 Å². The lowest BCUT2D eigenvalue weighted by atomic mass is 10.0. The fraction of sp³-hybridized carbons (Fsp3) is 0.182. The highest BCUT2D eigenvalue weighted by atomic mass is 35.6. The van der Waals surface area contributed by atoms with Crippen LogP contribution >= 0.6 is 69.6 Å². The third kappa shape index (κ3) is 3.59. The fourth-order valence-electron chi connectivity index (χ4n) is 1.60. The zero-order valence-electron chi connectivity index (χ0n) is 9.50. The van der Waals surface area contributed by atoms with Gasteiger partial charge in [0.25, 0.3) is 0 Å². The minimum absolute atomic E-state index is 0.0463. The zero-order valence-corrected chi connectivity index (χ0v) is 14.0. The Labute approximate surface area is 145 Å². The van der Waals surface area contributed by atoms with Gasteiger partial charge < -0.3 is 0 Å². The van der Waals surface area contributed by atoms with Crippen molar-refractivity contribution in [3.05, 3.63) is 41.7 Å². The van der Waals surface area contributed by atoms with Gasteiger partial charge >= 0.3 is 0 Å². The number of benzene rings is 1. The Morgan fingerprint density at radius 2 is 1.15 bits per heavy atom. The van der Waals surface area contributed by atoms with Crippen LogP contribution in [0.25, 0.3) is 11.1 Å². The van der Waals surface area contributed by atoms with E-state index in [0.29, 0.717) is 11.1 Å². The van der Waals surface area contributed by atoms with Crippen LogP contribution in [0.1, 0.15) is 11.4 Å². The van der Waals surface area contributed by atoms with E-state index in [2.05, 4.69) is 15.4 Å². The maximum Gasteiger partial charge on any atom is 0.235 e. The first-order chi connectivity index (χ1) is 9.21. The summed E-state index contributed by atoms with van der Waals surface area (Å²) in [5, 5.41) is 11.0. The lowest BCUT2D eigenvalue weighted by Gasteiger charge is -2.19. The van der Waals surface area contributed by atoms with Gasteiger partial charge in [-0.3, -0.25) is 0 Å². The van der Waals surface area contributed by atoms with Crippen molar-refractivity contribution in [1.82, 2.24) is 15.4 Å². The summed E-state index contributed by atoms with van der Waals surface area (Å²) >= 11 is 35.4. The maximum absolute atomic E-state index is 5.91. The summed E-state index contributed by atoms with van der Waals surface area (Å²) < 4.78 is -3.66.